The Morgan fingerprint density at radius 1 is 1.07 bits per heavy atom. The van der Waals surface area contributed by atoms with Gasteiger partial charge in [0.25, 0.3) is 0 Å². The van der Waals surface area contributed by atoms with Gasteiger partial charge < -0.3 is 25.4 Å². The summed E-state index contributed by atoms with van der Waals surface area (Å²) in [6, 6.07) is 8.16. The predicted molar refractivity (Wildman–Crippen MR) is 109 cm³/mol. The van der Waals surface area contributed by atoms with Gasteiger partial charge in [0.05, 0.1) is 0 Å². The molecule has 0 spiro atoms. The van der Waals surface area contributed by atoms with Crippen molar-refractivity contribution in [3.05, 3.63) is 41.6 Å². The van der Waals surface area contributed by atoms with Crippen LogP contribution >= 0.6 is 0 Å². The Morgan fingerprint density at radius 2 is 1.96 bits per heavy atom. The highest BCUT2D eigenvalue weighted by atomic mass is 16.6. The topological polar surface area (TPSA) is 67.4 Å². The first-order valence-corrected chi connectivity index (χ1v) is 9.50. The monoisotopic (exact) mass is 366 g/mol. The molecular formula is C21H26N4O2. The van der Waals surface area contributed by atoms with Crippen molar-refractivity contribution in [2.75, 3.05) is 44.0 Å². The molecule has 0 radical (unpaired) electrons. The lowest BCUT2D eigenvalue weighted by molar-refractivity contribution is 0.171. The van der Waals surface area contributed by atoms with Gasteiger partial charge in [0.1, 0.15) is 19.0 Å². The minimum atomic E-state index is 0.573. The summed E-state index contributed by atoms with van der Waals surface area (Å²) in [5.41, 5.74) is 5.35. The van der Waals surface area contributed by atoms with Crippen LogP contribution in [-0.2, 0) is 0 Å². The minimum absolute atomic E-state index is 0.573. The molecule has 2 aliphatic rings. The van der Waals surface area contributed by atoms with Crippen LogP contribution < -0.4 is 25.4 Å². The second-order valence-corrected chi connectivity index (χ2v) is 6.84. The third kappa shape index (κ3) is 4.01. The lowest BCUT2D eigenvalue weighted by atomic mass is 9.98. The van der Waals surface area contributed by atoms with Gasteiger partial charge in [-0.05, 0) is 44.0 Å². The van der Waals surface area contributed by atoms with Crippen LogP contribution in [0.2, 0.25) is 0 Å². The van der Waals surface area contributed by atoms with Crippen LogP contribution in [0.3, 0.4) is 0 Å². The van der Waals surface area contributed by atoms with Gasteiger partial charge in [0.2, 0.25) is 0 Å². The third-order valence-electron chi connectivity index (χ3n) is 4.80. The van der Waals surface area contributed by atoms with E-state index in [2.05, 4.69) is 33.1 Å². The molecular weight excluding hydrogens is 340 g/mol. The Labute approximate surface area is 160 Å². The number of nitrogens with one attached hydrogen (secondary N) is 3. The van der Waals surface area contributed by atoms with Crippen LogP contribution in [0.4, 0.5) is 17.2 Å². The van der Waals surface area contributed by atoms with Crippen molar-refractivity contribution in [3.63, 3.8) is 0 Å². The summed E-state index contributed by atoms with van der Waals surface area (Å²) in [4.78, 5) is 4.60. The normalized spacial score (nSPS) is 16.3. The molecule has 4 rings (SSSR count). The highest BCUT2D eigenvalue weighted by Gasteiger charge is 2.21. The van der Waals surface area contributed by atoms with Crippen molar-refractivity contribution in [2.24, 2.45) is 0 Å². The molecule has 142 valence electrons. The molecule has 0 saturated carbocycles. The van der Waals surface area contributed by atoms with Crippen molar-refractivity contribution in [2.45, 2.75) is 19.8 Å². The molecule has 3 heterocycles. The molecule has 0 saturated heterocycles. The van der Waals surface area contributed by atoms with E-state index in [0.29, 0.717) is 13.2 Å². The van der Waals surface area contributed by atoms with E-state index in [9.17, 15) is 0 Å². The Morgan fingerprint density at radius 3 is 2.85 bits per heavy atom. The van der Waals surface area contributed by atoms with E-state index in [1.807, 2.05) is 32.2 Å². The maximum Gasteiger partial charge on any atom is 0.168 e. The average molecular weight is 366 g/mol. The molecule has 6 nitrogen and oxygen atoms in total. The van der Waals surface area contributed by atoms with Crippen LogP contribution in [0.1, 0.15) is 24.1 Å². The fourth-order valence-electron chi connectivity index (χ4n) is 3.54. The zero-order valence-corrected chi connectivity index (χ0v) is 15.9. The first-order valence-electron chi connectivity index (χ1n) is 9.50. The molecule has 0 bridgehead atoms. The number of aromatic nitrogens is 1. The third-order valence-corrected chi connectivity index (χ3v) is 4.80. The molecule has 2 aliphatic heterocycles. The van der Waals surface area contributed by atoms with E-state index >= 15 is 0 Å². The van der Waals surface area contributed by atoms with Gasteiger partial charge in [-0.2, -0.15) is 0 Å². The summed E-state index contributed by atoms with van der Waals surface area (Å²) in [5.74, 6) is 2.45. The lowest BCUT2D eigenvalue weighted by Gasteiger charge is -2.23. The van der Waals surface area contributed by atoms with Crippen molar-refractivity contribution in [1.29, 1.82) is 0 Å². The molecule has 2 aromatic rings. The number of hydrogen-bond donors (Lipinski definition) is 3. The second-order valence-electron chi connectivity index (χ2n) is 6.84. The largest absolute Gasteiger partial charge is 0.486 e. The van der Waals surface area contributed by atoms with Gasteiger partial charge in [-0.1, -0.05) is 6.08 Å². The first kappa shape index (κ1) is 17.7. The van der Waals surface area contributed by atoms with Gasteiger partial charge >= 0.3 is 0 Å². The van der Waals surface area contributed by atoms with E-state index in [-0.39, 0.29) is 0 Å². The number of aryl methyl sites for hydroxylation is 1. The molecule has 1 aromatic heterocycles. The lowest BCUT2D eigenvalue weighted by Crippen LogP contribution is -2.17. The van der Waals surface area contributed by atoms with Crippen molar-refractivity contribution < 1.29 is 9.47 Å². The molecule has 0 amide bonds. The van der Waals surface area contributed by atoms with Gasteiger partial charge in [0.15, 0.2) is 11.5 Å². The molecule has 27 heavy (non-hydrogen) atoms. The number of fused-ring (bicyclic) bond motifs is 1. The molecule has 0 atom stereocenters. The maximum atomic E-state index is 5.97. The first-order chi connectivity index (χ1) is 13.2. The van der Waals surface area contributed by atoms with Crippen LogP contribution in [0.15, 0.2) is 30.3 Å². The zero-order valence-electron chi connectivity index (χ0n) is 15.9. The smallest absolute Gasteiger partial charge is 0.168 e. The number of rotatable bonds is 4. The maximum absolute atomic E-state index is 5.97. The van der Waals surface area contributed by atoms with E-state index in [0.717, 1.165) is 65.9 Å². The second kappa shape index (κ2) is 7.88. The van der Waals surface area contributed by atoms with Crippen LogP contribution in [0.25, 0.3) is 5.57 Å². The van der Waals surface area contributed by atoms with Crippen LogP contribution in [0.5, 0.6) is 11.5 Å². The predicted octanol–water partition coefficient (Wildman–Crippen LogP) is 3.71. The van der Waals surface area contributed by atoms with E-state index in [1.165, 1.54) is 5.57 Å². The summed E-state index contributed by atoms with van der Waals surface area (Å²) >= 11 is 0. The van der Waals surface area contributed by atoms with Crippen molar-refractivity contribution in [3.8, 4) is 11.5 Å². The molecule has 0 unspecified atom stereocenters. The summed E-state index contributed by atoms with van der Waals surface area (Å²) in [5, 5.41) is 10.0. The number of allylic oxidation sites excluding steroid dienone is 1. The number of hydrogen-bond acceptors (Lipinski definition) is 6. The van der Waals surface area contributed by atoms with E-state index in [1.54, 1.807) is 0 Å². The zero-order chi connectivity index (χ0) is 18.6. The van der Waals surface area contributed by atoms with Gasteiger partial charge in [-0.15, -0.1) is 0 Å². The number of ether oxygens (including phenoxy) is 2. The van der Waals surface area contributed by atoms with E-state index < -0.39 is 0 Å². The molecule has 0 fully saturated rings. The molecule has 1 aromatic carbocycles. The van der Waals surface area contributed by atoms with Gasteiger partial charge in [0, 0.05) is 48.4 Å². The SMILES string of the molecule is CNc1cc(C)nc(Nc2cc3c(c(C4=CCNCCC4)c2)OCCO3)c1. The number of benzene rings is 1. The summed E-state index contributed by atoms with van der Waals surface area (Å²) in [7, 11) is 1.91. The Bertz CT molecular complexity index is 864. The fraction of sp³-hybridized carbons (Fsp3) is 0.381. The fourth-order valence-corrected chi connectivity index (χ4v) is 3.54. The molecule has 0 aliphatic carbocycles. The number of nitrogens with zero attached hydrogens (tertiary/aromatic N) is 1. The molecule has 6 heteroatoms. The highest BCUT2D eigenvalue weighted by Crippen LogP contribution is 2.42. The standard InChI is InChI=1S/C21H26N4O2/c1-14-10-16(22-2)13-20(24-14)25-17-11-18(15-4-3-6-23-7-5-15)21-19(12-17)26-8-9-27-21/h5,10-13,23H,3-4,6-9H2,1-2H3,(H2,22,24,25). The number of anilines is 3. The molecule has 3 N–H and O–H groups in total. The average Bonchev–Trinajstić information content (AvgIpc) is 2.96. The Hall–Kier alpha value is -2.73. The minimum Gasteiger partial charge on any atom is -0.486 e. The van der Waals surface area contributed by atoms with Crippen LogP contribution in [-0.4, -0.2) is 38.3 Å². The number of pyridine rings is 1. The summed E-state index contributed by atoms with van der Waals surface area (Å²) in [6.07, 6.45) is 4.40. The summed E-state index contributed by atoms with van der Waals surface area (Å²) in [6.45, 7) is 5.07. The Balaban J connectivity index is 1.72. The van der Waals surface area contributed by atoms with Crippen molar-refractivity contribution >= 4 is 22.8 Å². The van der Waals surface area contributed by atoms with Crippen molar-refractivity contribution in [1.82, 2.24) is 10.3 Å². The summed E-state index contributed by atoms with van der Waals surface area (Å²) < 4.78 is 11.9. The van der Waals surface area contributed by atoms with Gasteiger partial charge in [-0.3, -0.25) is 0 Å². The Kier molecular flexibility index (Phi) is 5.16. The van der Waals surface area contributed by atoms with E-state index in [4.69, 9.17) is 9.47 Å². The highest BCUT2D eigenvalue weighted by molar-refractivity contribution is 5.78. The van der Waals surface area contributed by atoms with Crippen LogP contribution in [0, 0.1) is 6.92 Å². The van der Waals surface area contributed by atoms with Gasteiger partial charge in [-0.25, -0.2) is 4.98 Å². The quantitative estimate of drug-likeness (QED) is 0.766.